The van der Waals surface area contributed by atoms with Gasteiger partial charge in [-0.2, -0.15) is 0 Å². The number of morpholine rings is 1. The van der Waals surface area contributed by atoms with E-state index in [4.69, 9.17) is 14.6 Å². The van der Waals surface area contributed by atoms with E-state index in [2.05, 4.69) is 0 Å². The maximum Gasteiger partial charge on any atom is 0.334 e. The number of aliphatic carboxylic acids is 1. The molecule has 0 aromatic heterocycles. The molecule has 6 nitrogen and oxygen atoms in total. The Balaban J connectivity index is 2.13. The number of ether oxygens (including phenoxy) is 2. The molecule has 114 valence electrons. The molecular weight excluding hydrogens is 274 g/mol. The van der Waals surface area contributed by atoms with E-state index in [1.807, 2.05) is 37.3 Å². The van der Waals surface area contributed by atoms with Gasteiger partial charge in [-0.05, 0) is 12.5 Å². The van der Waals surface area contributed by atoms with Crippen LogP contribution < -0.4 is 0 Å². The maximum absolute atomic E-state index is 12.6. The third kappa shape index (κ3) is 3.80. The van der Waals surface area contributed by atoms with Crippen LogP contribution in [0.2, 0.25) is 0 Å². The van der Waals surface area contributed by atoms with Gasteiger partial charge in [0.2, 0.25) is 0 Å². The highest BCUT2D eigenvalue weighted by Crippen LogP contribution is 2.21. The molecule has 1 heterocycles. The summed E-state index contributed by atoms with van der Waals surface area (Å²) in [5, 5.41) is 9.00. The molecule has 2 atom stereocenters. The largest absolute Gasteiger partial charge is 0.479 e. The number of rotatable bonds is 5. The van der Waals surface area contributed by atoms with E-state index < -0.39 is 18.2 Å². The summed E-state index contributed by atoms with van der Waals surface area (Å²) in [6.07, 6.45) is -1.68. The van der Waals surface area contributed by atoms with Crippen LogP contribution in [0.25, 0.3) is 0 Å². The molecule has 0 bridgehead atoms. The molecule has 1 N–H and O–H groups in total. The number of amides is 1. The minimum Gasteiger partial charge on any atom is -0.479 e. The van der Waals surface area contributed by atoms with Crippen molar-refractivity contribution in [2.75, 3.05) is 26.3 Å². The number of hydrogen-bond donors (Lipinski definition) is 1. The van der Waals surface area contributed by atoms with Gasteiger partial charge in [-0.25, -0.2) is 4.79 Å². The minimum absolute atomic E-state index is 0.0462. The van der Waals surface area contributed by atoms with Crippen molar-refractivity contribution in [3.8, 4) is 0 Å². The molecule has 1 aliphatic heterocycles. The first-order valence-electron chi connectivity index (χ1n) is 6.93. The summed E-state index contributed by atoms with van der Waals surface area (Å²) in [5.41, 5.74) is 0.766. The lowest BCUT2D eigenvalue weighted by Gasteiger charge is -2.33. The second-order valence-corrected chi connectivity index (χ2v) is 4.73. The standard InChI is InChI=1S/C15H19NO5/c1-2-20-13(11-6-4-3-5-7-11)14(17)16-8-9-21-12(10-16)15(18)19/h3-7,12-13H,2,8-10H2,1H3,(H,18,19)/t12-,13-/m0/s1. The SMILES string of the molecule is CCO[C@H](C(=O)N1CCO[C@H](C(=O)O)C1)c1ccccc1. The number of hydrogen-bond acceptors (Lipinski definition) is 4. The van der Waals surface area contributed by atoms with Crippen molar-refractivity contribution in [1.29, 1.82) is 0 Å². The Morgan fingerprint density at radius 3 is 2.76 bits per heavy atom. The zero-order valence-corrected chi connectivity index (χ0v) is 11.9. The Kier molecular flexibility index (Phi) is 5.30. The van der Waals surface area contributed by atoms with Gasteiger partial charge >= 0.3 is 5.97 Å². The third-order valence-electron chi connectivity index (χ3n) is 3.31. The summed E-state index contributed by atoms with van der Waals surface area (Å²) >= 11 is 0. The van der Waals surface area contributed by atoms with Crippen molar-refractivity contribution in [3.05, 3.63) is 35.9 Å². The molecule has 1 amide bonds. The van der Waals surface area contributed by atoms with E-state index in [9.17, 15) is 9.59 Å². The van der Waals surface area contributed by atoms with Crippen LogP contribution in [0.5, 0.6) is 0 Å². The Labute approximate surface area is 123 Å². The lowest BCUT2D eigenvalue weighted by molar-refractivity contribution is -0.163. The fraction of sp³-hybridized carbons (Fsp3) is 0.467. The molecule has 1 aliphatic rings. The van der Waals surface area contributed by atoms with Gasteiger partial charge < -0.3 is 19.5 Å². The van der Waals surface area contributed by atoms with Gasteiger partial charge in [0.25, 0.3) is 5.91 Å². The second kappa shape index (κ2) is 7.19. The highest BCUT2D eigenvalue weighted by atomic mass is 16.5. The molecule has 0 spiro atoms. The first-order chi connectivity index (χ1) is 10.1. The number of carboxylic acid groups (broad SMARTS) is 1. The van der Waals surface area contributed by atoms with E-state index in [-0.39, 0.29) is 19.1 Å². The highest BCUT2D eigenvalue weighted by Gasteiger charge is 2.33. The van der Waals surface area contributed by atoms with E-state index in [0.717, 1.165) is 5.56 Å². The molecule has 1 aromatic rings. The van der Waals surface area contributed by atoms with Crippen LogP contribution >= 0.6 is 0 Å². The van der Waals surface area contributed by atoms with Crippen molar-refractivity contribution >= 4 is 11.9 Å². The van der Waals surface area contributed by atoms with Crippen molar-refractivity contribution in [2.45, 2.75) is 19.1 Å². The Bertz CT molecular complexity index is 490. The molecule has 0 aliphatic carbocycles. The monoisotopic (exact) mass is 293 g/mol. The van der Waals surface area contributed by atoms with Crippen LogP contribution in [-0.2, 0) is 19.1 Å². The average molecular weight is 293 g/mol. The summed E-state index contributed by atoms with van der Waals surface area (Å²) in [6.45, 7) is 2.86. The van der Waals surface area contributed by atoms with Crippen molar-refractivity contribution in [3.63, 3.8) is 0 Å². The molecule has 1 fully saturated rings. The van der Waals surface area contributed by atoms with E-state index >= 15 is 0 Å². The van der Waals surface area contributed by atoms with Crippen LogP contribution in [0.1, 0.15) is 18.6 Å². The fourth-order valence-corrected chi connectivity index (χ4v) is 2.27. The summed E-state index contributed by atoms with van der Waals surface area (Å²) in [4.78, 5) is 25.1. The average Bonchev–Trinajstić information content (AvgIpc) is 2.53. The van der Waals surface area contributed by atoms with Crippen LogP contribution in [0.4, 0.5) is 0 Å². The minimum atomic E-state index is -1.06. The van der Waals surface area contributed by atoms with Gasteiger partial charge in [-0.3, -0.25) is 4.79 Å². The van der Waals surface area contributed by atoms with Crippen LogP contribution in [-0.4, -0.2) is 54.3 Å². The quantitative estimate of drug-likeness (QED) is 0.879. The number of nitrogens with zero attached hydrogens (tertiary/aromatic N) is 1. The molecule has 21 heavy (non-hydrogen) atoms. The first-order valence-corrected chi connectivity index (χ1v) is 6.93. The summed E-state index contributed by atoms with van der Waals surface area (Å²) in [5.74, 6) is -1.28. The third-order valence-corrected chi connectivity index (χ3v) is 3.31. The van der Waals surface area contributed by atoms with E-state index in [1.54, 1.807) is 0 Å². The molecular formula is C15H19NO5. The Hall–Kier alpha value is -1.92. The number of benzene rings is 1. The van der Waals surface area contributed by atoms with E-state index in [0.29, 0.717) is 13.2 Å². The molecule has 1 saturated heterocycles. The molecule has 0 saturated carbocycles. The first kappa shape index (κ1) is 15.5. The maximum atomic E-state index is 12.6. The normalized spacial score (nSPS) is 20.0. The van der Waals surface area contributed by atoms with Crippen LogP contribution in [0, 0.1) is 0 Å². The number of carboxylic acids is 1. The zero-order valence-electron chi connectivity index (χ0n) is 11.9. The smallest absolute Gasteiger partial charge is 0.334 e. The lowest BCUT2D eigenvalue weighted by atomic mass is 10.1. The van der Waals surface area contributed by atoms with Gasteiger partial charge in [0, 0.05) is 13.2 Å². The predicted molar refractivity (Wildman–Crippen MR) is 74.8 cm³/mol. The zero-order chi connectivity index (χ0) is 15.2. The molecule has 0 radical (unpaired) electrons. The van der Waals surface area contributed by atoms with Gasteiger partial charge in [-0.1, -0.05) is 30.3 Å². The summed E-state index contributed by atoms with van der Waals surface area (Å²) in [6, 6.07) is 9.20. The van der Waals surface area contributed by atoms with Gasteiger partial charge in [-0.15, -0.1) is 0 Å². The summed E-state index contributed by atoms with van der Waals surface area (Å²) in [7, 11) is 0. The van der Waals surface area contributed by atoms with E-state index in [1.165, 1.54) is 4.90 Å². The van der Waals surface area contributed by atoms with Crippen molar-refractivity contribution in [2.24, 2.45) is 0 Å². The van der Waals surface area contributed by atoms with Crippen LogP contribution in [0.15, 0.2) is 30.3 Å². The molecule has 1 aromatic carbocycles. The van der Waals surface area contributed by atoms with Crippen molar-refractivity contribution in [1.82, 2.24) is 4.90 Å². The van der Waals surface area contributed by atoms with Gasteiger partial charge in [0.15, 0.2) is 12.2 Å². The van der Waals surface area contributed by atoms with Gasteiger partial charge in [0.1, 0.15) is 0 Å². The Morgan fingerprint density at radius 1 is 1.43 bits per heavy atom. The Morgan fingerprint density at radius 2 is 2.14 bits per heavy atom. The molecule has 2 rings (SSSR count). The van der Waals surface area contributed by atoms with Crippen molar-refractivity contribution < 1.29 is 24.2 Å². The predicted octanol–water partition coefficient (Wildman–Crippen LogP) is 1.08. The van der Waals surface area contributed by atoms with Gasteiger partial charge in [0.05, 0.1) is 13.2 Å². The highest BCUT2D eigenvalue weighted by molar-refractivity contribution is 5.83. The van der Waals surface area contributed by atoms with Crippen LogP contribution in [0.3, 0.4) is 0 Å². The summed E-state index contributed by atoms with van der Waals surface area (Å²) < 4.78 is 10.7. The fourth-order valence-electron chi connectivity index (χ4n) is 2.27. The molecule has 6 heteroatoms. The molecule has 0 unspecified atom stereocenters. The second-order valence-electron chi connectivity index (χ2n) is 4.73. The lowest BCUT2D eigenvalue weighted by Crippen LogP contribution is -2.50. The number of carbonyl (C=O) groups is 2. The number of carbonyl (C=O) groups excluding carboxylic acids is 1. The topological polar surface area (TPSA) is 76.1 Å².